The van der Waals surface area contributed by atoms with Gasteiger partial charge in [-0.15, -0.1) is 0 Å². The maximum Gasteiger partial charge on any atom is 0.255 e. The Morgan fingerprint density at radius 1 is 1.22 bits per heavy atom. The van der Waals surface area contributed by atoms with Gasteiger partial charge in [-0.1, -0.05) is 19.4 Å². The first-order chi connectivity index (χ1) is 11.0. The van der Waals surface area contributed by atoms with Gasteiger partial charge < -0.3 is 4.90 Å². The van der Waals surface area contributed by atoms with Crippen LogP contribution in [0.15, 0.2) is 18.2 Å². The zero-order valence-corrected chi connectivity index (χ0v) is 12.9. The molecule has 0 saturated carbocycles. The Balaban J connectivity index is 3.14. The molecule has 7 nitrogen and oxygen atoms in total. The number of aldehydes is 2. The number of likely N-dealkylation sites (N-methyl/N-ethyl adjacent to an activating group) is 1. The Morgan fingerprint density at radius 3 is 2.43 bits per heavy atom. The minimum atomic E-state index is -0.831. The maximum absolute atomic E-state index is 12.6. The highest BCUT2D eigenvalue weighted by Crippen LogP contribution is 2.15. The van der Waals surface area contributed by atoms with Crippen LogP contribution in [0.3, 0.4) is 0 Å². The third kappa shape index (κ3) is 4.32. The third-order valence-electron chi connectivity index (χ3n) is 3.42. The van der Waals surface area contributed by atoms with Gasteiger partial charge >= 0.3 is 0 Å². The molecule has 1 N–H and O–H groups in total. The molecule has 1 atom stereocenters. The average Bonchev–Trinajstić information content (AvgIpc) is 2.57. The number of imide groups is 1. The van der Waals surface area contributed by atoms with E-state index in [0.717, 1.165) is 0 Å². The molecule has 1 rings (SSSR count). The van der Waals surface area contributed by atoms with Crippen molar-refractivity contribution in [2.24, 2.45) is 0 Å². The largest absolute Gasteiger partial charge is 0.330 e. The highest BCUT2D eigenvalue weighted by atomic mass is 16.2. The fourth-order valence-corrected chi connectivity index (χ4v) is 2.21. The zero-order chi connectivity index (χ0) is 17.4. The van der Waals surface area contributed by atoms with Crippen molar-refractivity contribution in [3.05, 3.63) is 34.9 Å². The van der Waals surface area contributed by atoms with E-state index in [-0.39, 0.29) is 23.1 Å². The van der Waals surface area contributed by atoms with Gasteiger partial charge in [0, 0.05) is 18.2 Å². The van der Waals surface area contributed by atoms with Crippen LogP contribution in [-0.2, 0) is 9.59 Å². The van der Waals surface area contributed by atoms with E-state index in [1.165, 1.54) is 30.1 Å². The minimum absolute atomic E-state index is 0.0671. The number of hydrogen-bond donors (Lipinski definition) is 1. The predicted octanol–water partition coefficient (Wildman–Crippen LogP) is 0.825. The van der Waals surface area contributed by atoms with Gasteiger partial charge in [0.15, 0.2) is 6.29 Å². The summed E-state index contributed by atoms with van der Waals surface area (Å²) in [6.07, 6.45) is 2.31. The molecule has 0 radical (unpaired) electrons. The summed E-state index contributed by atoms with van der Waals surface area (Å²) < 4.78 is 0. The molecule has 0 aliphatic carbocycles. The van der Waals surface area contributed by atoms with Crippen molar-refractivity contribution >= 4 is 30.8 Å². The molecular formula is C16H18N2O5. The lowest BCUT2D eigenvalue weighted by Crippen LogP contribution is -2.47. The molecule has 0 aromatic heterocycles. The second kappa shape index (κ2) is 8.57. The molecule has 1 aromatic rings. The van der Waals surface area contributed by atoms with E-state index >= 15 is 0 Å². The minimum Gasteiger partial charge on any atom is -0.330 e. The smallest absolute Gasteiger partial charge is 0.255 e. The molecule has 1 aromatic carbocycles. The van der Waals surface area contributed by atoms with Crippen LogP contribution < -0.4 is 5.32 Å². The van der Waals surface area contributed by atoms with Crippen LogP contribution in [0.4, 0.5) is 0 Å². The first-order valence-corrected chi connectivity index (χ1v) is 7.05. The van der Waals surface area contributed by atoms with E-state index in [2.05, 4.69) is 0 Å². The number of nitrogens with zero attached hydrogens (tertiary/aromatic N) is 1. The molecule has 3 amide bonds. The van der Waals surface area contributed by atoms with Crippen molar-refractivity contribution in [3.63, 3.8) is 0 Å². The fourth-order valence-electron chi connectivity index (χ4n) is 2.21. The van der Waals surface area contributed by atoms with Crippen molar-refractivity contribution in [3.8, 4) is 0 Å². The molecule has 23 heavy (non-hydrogen) atoms. The number of benzene rings is 1. The summed E-state index contributed by atoms with van der Waals surface area (Å²) in [5, 5.41) is 2.04. The van der Waals surface area contributed by atoms with E-state index < -0.39 is 17.9 Å². The SMILES string of the molecule is CCCC(C(=O)NC=O)N(C)C(=O)c1ccc(C=O)cc1C=O. The predicted molar refractivity (Wildman–Crippen MR) is 82.2 cm³/mol. The van der Waals surface area contributed by atoms with Crippen LogP contribution in [-0.4, -0.2) is 48.8 Å². The average molecular weight is 318 g/mol. The summed E-state index contributed by atoms with van der Waals surface area (Å²) >= 11 is 0. The van der Waals surface area contributed by atoms with E-state index in [1.807, 2.05) is 12.2 Å². The number of carbonyl (C=O) groups excluding carboxylic acids is 5. The van der Waals surface area contributed by atoms with Gasteiger partial charge in [-0.3, -0.25) is 29.3 Å². The Labute approximate surface area is 133 Å². The molecule has 0 fully saturated rings. The number of nitrogens with one attached hydrogen (secondary N) is 1. The third-order valence-corrected chi connectivity index (χ3v) is 3.42. The highest BCUT2D eigenvalue weighted by Gasteiger charge is 2.27. The molecule has 7 heteroatoms. The summed E-state index contributed by atoms with van der Waals surface area (Å²) in [6, 6.07) is 3.26. The van der Waals surface area contributed by atoms with Crippen LogP contribution >= 0.6 is 0 Å². The van der Waals surface area contributed by atoms with Crippen LogP contribution in [0.1, 0.15) is 50.8 Å². The van der Waals surface area contributed by atoms with Gasteiger partial charge in [-0.05, 0) is 18.6 Å². The van der Waals surface area contributed by atoms with E-state index in [4.69, 9.17) is 0 Å². The molecule has 122 valence electrons. The molecule has 0 heterocycles. The monoisotopic (exact) mass is 318 g/mol. The Morgan fingerprint density at radius 2 is 1.91 bits per heavy atom. The van der Waals surface area contributed by atoms with Crippen molar-refractivity contribution in [1.29, 1.82) is 0 Å². The number of carbonyl (C=O) groups is 5. The van der Waals surface area contributed by atoms with Crippen molar-refractivity contribution in [2.45, 2.75) is 25.8 Å². The lowest BCUT2D eigenvalue weighted by atomic mass is 10.0. The summed E-state index contributed by atoms with van der Waals surface area (Å²) in [7, 11) is 1.43. The number of amides is 3. The normalized spacial score (nSPS) is 11.2. The van der Waals surface area contributed by atoms with Crippen LogP contribution in [0.5, 0.6) is 0 Å². The standard InChI is InChI=1S/C16H18N2O5/c1-3-4-14(15(22)17-10-21)18(2)16(23)13-6-5-11(8-19)7-12(13)9-20/h5-10,14H,3-4H2,1-2H3,(H,17,21,22). The first-order valence-electron chi connectivity index (χ1n) is 7.05. The van der Waals surface area contributed by atoms with Gasteiger partial charge in [0.1, 0.15) is 12.3 Å². The van der Waals surface area contributed by atoms with Gasteiger partial charge in [0.2, 0.25) is 12.3 Å². The molecule has 0 aliphatic heterocycles. The number of hydrogen-bond acceptors (Lipinski definition) is 5. The van der Waals surface area contributed by atoms with E-state index in [1.54, 1.807) is 0 Å². The summed E-state index contributed by atoms with van der Waals surface area (Å²) in [5.41, 5.74) is 0.431. The Hall–Kier alpha value is -2.83. The maximum atomic E-state index is 12.6. The Bertz CT molecular complexity index is 627. The summed E-state index contributed by atoms with van der Waals surface area (Å²) in [4.78, 5) is 58.0. The van der Waals surface area contributed by atoms with Gasteiger partial charge in [0.25, 0.3) is 5.91 Å². The van der Waals surface area contributed by atoms with E-state index in [0.29, 0.717) is 25.4 Å². The Kier molecular flexibility index (Phi) is 6.79. The van der Waals surface area contributed by atoms with Gasteiger partial charge in [-0.25, -0.2) is 0 Å². The summed E-state index contributed by atoms with van der Waals surface area (Å²) in [5.74, 6) is -1.13. The molecule has 1 unspecified atom stereocenters. The lowest BCUT2D eigenvalue weighted by Gasteiger charge is -2.26. The summed E-state index contributed by atoms with van der Waals surface area (Å²) in [6.45, 7) is 1.84. The molecule has 0 bridgehead atoms. The molecule has 0 spiro atoms. The second-order valence-corrected chi connectivity index (χ2v) is 4.93. The molecular weight excluding hydrogens is 300 g/mol. The molecule has 0 saturated heterocycles. The van der Waals surface area contributed by atoms with Crippen molar-refractivity contribution in [1.82, 2.24) is 10.2 Å². The first kappa shape index (κ1) is 18.2. The van der Waals surface area contributed by atoms with Gasteiger partial charge in [-0.2, -0.15) is 0 Å². The second-order valence-electron chi connectivity index (χ2n) is 4.93. The number of rotatable bonds is 8. The zero-order valence-electron chi connectivity index (χ0n) is 12.9. The van der Waals surface area contributed by atoms with E-state index in [9.17, 15) is 24.0 Å². The van der Waals surface area contributed by atoms with Gasteiger partial charge in [0.05, 0.1) is 5.56 Å². The lowest BCUT2D eigenvalue weighted by molar-refractivity contribution is -0.128. The highest BCUT2D eigenvalue weighted by molar-refractivity contribution is 6.04. The van der Waals surface area contributed by atoms with Crippen molar-refractivity contribution in [2.75, 3.05) is 7.05 Å². The topological polar surface area (TPSA) is 101 Å². The molecule has 0 aliphatic rings. The van der Waals surface area contributed by atoms with Crippen molar-refractivity contribution < 1.29 is 24.0 Å². The fraction of sp³-hybridized carbons (Fsp3) is 0.312. The quantitative estimate of drug-likeness (QED) is 0.715. The van der Waals surface area contributed by atoms with Crippen LogP contribution in [0.25, 0.3) is 0 Å². The van der Waals surface area contributed by atoms with Crippen LogP contribution in [0, 0.1) is 0 Å². The van der Waals surface area contributed by atoms with Crippen LogP contribution in [0.2, 0.25) is 0 Å².